The topological polar surface area (TPSA) is 75.6 Å². The standard InChI is InChI=1S/C14H23NO4/c1-14(8-19-2,7-11(16)17)15-13(18)12-9-5-3-4-6-10(9)12/h9-10,12H,3-8H2,1-2H3,(H,15,18)(H,16,17). The molecule has 0 aromatic heterocycles. The molecule has 5 heteroatoms. The quantitative estimate of drug-likeness (QED) is 0.764. The van der Waals surface area contributed by atoms with Crippen LogP contribution in [0.15, 0.2) is 0 Å². The molecule has 3 atom stereocenters. The summed E-state index contributed by atoms with van der Waals surface area (Å²) in [7, 11) is 1.52. The highest BCUT2D eigenvalue weighted by molar-refractivity contribution is 5.83. The Morgan fingerprint density at radius 1 is 1.32 bits per heavy atom. The number of carbonyl (C=O) groups is 2. The first-order chi connectivity index (χ1) is 8.97. The third kappa shape index (κ3) is 3.26. The molecule has 2 fully saturated rings. The lowest BCUT2D eigenvalue weighted by Gasteiger charge is -2.28. The summed E-state index contributed by atoms with van der Waals surface area (Å²) in [5, 5.41) is 11.8. The van der Waals surface area contributed by atoms with Crippen LogP contribution in [0.1, 0.15) is 39.0 Å². The molecule has 0 aromatic carbocycles. The van der Waals surface area contributed by atoms with Gasteiger partial charge in [-0.2, -0.15) is 0 Å². The highest BCUT2D eigenvalue weighted by atomic mass is 16.5. The van der Waals surface area contributed by atoms with Crippen molar-refractivity contribution in [2.75, 3.05) is 13.7 Å². The third-order valence-corrected chi connectivity index (χ3v) is 4.39. The van der Waals surface area contributed by atoms with Gasteiger partial charge in [0.25, 0.3) is 0 Å². The molecule has 108 valence electrons. The SMILES string of the molecule is COCC(C)(CC(=O)O)NC(=O)C1C2CCCCC21. The second-order valence-corrected chi connectivity index (χ2v) is 6.19. The summed E-state index contributed by atoms with van der Waals surface area (Å²) in [5.41, 5.74) is -0.816. The predicted molar refractivity (Wildman–Crippen MR) is 69.6 cm³/mol. The van der Waals surface area contributed by atoms with Crippen molar-refractivity contribution >= 4 is 11.9 Å². The van der Waals surface area contributed by atoms with E-state index in [1.165, 1.54) is 20.0 Å². The second-order valence-electron chi connectivity index (χ2n) is 6.19. The number of carbonyl (C=O) groups excluding carboxylic acids is 1. The van der Waals surface area contributed by atoms with E-state index in [0.717, 1.165) is 12.8 Å². The average molecular weight is 269 g/mol. The lowest BCUT2D eigenvalue weighted by atomic mass is 9.98. The van der Waals surface area contributed by atoms with Gasteiger partial charge in [0.15, 0.2) is 0 Å². The molecule has 2 aliphatic carbocycles. The van der Waals surface area contributed by atoms with Crippen molar-refractivity contribution in [1.29, 1.82) is 0 Å². The molecule has 2 rings (SSSR count). The van der Waals surface area contributed by atoms with E-state index in [-0.39, 0.29) is 24.9 Å². The number of nitrogens with one attached hydrogen (secondary N) is 1. The molecule has 0 aliphatic heterocycles. The Labute approximate surface area is 113 Å². The molecule has 1 amide bonds. The molecule has 2 N–H and O–H groups in total. The number of carboxylic acids is 1. The van der Waals surface area contributed by atoms with E-state index in [1.54, 1.807) is 6.92 Å². The maximum Gasteiger partial charge on any atom is 0.305 e. The molecule has 0 heterocycles. The van der Waals surface area contributed by atoms with E-state index < -0.39 is 11.5 Å². The highest BCUT2D eigenvalue weighted by Gasteiger charge is 2.55. The number of aliphatic carboxylic acids is 1. The number of hydrogen-bond donors (Lipinski definition) is 2. The number of amides is 1. The summed E-state index contributed by atoms with van der Waals surface area (Å²) >= 11 is 0. The zero-order chi connectivity index (χ0) is 14.0. The van der Waals surface area contributed by atoms with Gasteiger partial charge in [-0.25, -0.2) is 0 Å². The summed E-state index contributed by atoms with van der Waals surface area (Å²) in [6.07, 6.45) is 4.60. The van der Waals surface area contributed by atoms with Crippen LogP contribution in [0.4, 0.5) is 0 Å². The fraction of sp³-hybridized carbons (Fsp3) is 0.857. The molecule has 0 radical (unpaired) electrons. The van der Waals surface area contributed by atoms with Gasteiger partial charge in [0.2, 0.25) is 5.91 Å². The van der Waals surface area contributed by atoms with Gasteiger partial charge in [-0.1, -0.05) is 12.8 Å². The maximum absolute atomic E-state index is 12.3. The minimum absolute atomic E-state index is 0.0118. The van der Waals surface area contributed by atoms with Crippen molar-refractivity contribution in [2.45, 2.75) is 44.6 Å². The van der Waals surface area contributed by atoms with Crippen molar-refractivity contribution < 1.29 is 19.4 Å². The molecule has 0 aromatic rings. The van der Waals surface area contributed by atoms with Crippen LogP contribution >= 0.6 is 0 Å². The van der Waals surface area contributed by atoms with Crippen LogP contribution in [-0.2, 0) is 14.3 Å². The van der Waals surface area contributed by atoms with E-state index >= 15 is 0 Å². The van der Waals surface area contributed by atoms with Gasteiger partial charge in [0, 0.05) is 13.0 Å². The van der Waals surface area contributed by atoms with Crippen molar-refractivity contribution in [3.63, 3.8) is 0 Å². The predicted octanol–water partition coefficient (Wildman–Crippen LogP) is 1.42. The maximum atomic E-state index is 12.3. The van der Waals surface area contributed by atoms with Crippen LogP contribution in [0.3, 0.4) is 0 Å². The molecule has 2 saturated carbocycles. The van der Waals surface area contributed by atoms with E-state index in [2.05, 4.69) is 5.32 Å². The van der Waals surface area contributed by atoms with Gasteiger partial charge in [-0.15, -0.1) is 0 Å². The lowest BCUT2D eigenvalue weighted by molar-refractivity contribution is -0.139. The monoisotopic (exact) mass is 269 g/mol. The van der Waals surface area contributed by atoms with Gasteiger partial charge in [0.05, 0.1) is 18.6 Å². The normalized spacial score (nSPS) is 32.0. The fourth-order valence-electron chi connectivity index (χ4n) is 3.55. The Bertz CT molecular complexity index is 358. The van der Waals surface area contributed by atoms with Gasteiger partial charge in [0.1, 0.15) is 0 Å². The number of carboxylic acid groups (broad SMARTS) is 1. The van der Waals surface area contributed by atoms with E-state index in [9.17, 15) is 9.59 Å². The second kappa shape index (κ2) is 5.49. The smallest absolute Gasteiger partial charge is 0.305 e. The molecular weight excluding hydrogens is 246 g/mol. The zero-order valence-electron chi connectivity index (χ0n) is 11.6. The Kier molecular flexibility index (Phi) is 4.13. The minimum Gasteiger partial charge on any atom is -0.481 e. The molecular formula is C14H23NO4. The third-order valence-electron chi connectivity index (χ3n) is 4.39. The summed E-state index contributed by atoms with van der Waals surface area (Å²) < 4.78 is 5.05. The first kappa shape index (κ1) is 14.3. The number of hydrogen-bond acceptors (Lipinski definition) is 3. The van der Waals surface area contributed by atoms with Gasteiger partial charge >= 0.3 is 5.97 Å². The summed E-state index contributed by atoms with van der Waals surface area (Å²) in [6.45, 7) is 1.95. The van der Waals surface area contributed by atoms with E-state index in [1.807, 2.05) is 0 Å². The van der Waals surface area contributed by atoms with Gasteiger partial charge in [-0.3, -0.25) is 9.59 Å². The molecule has 2 aliphatic rings. The molecule has 19 heavy (non-hydrogen) atoms. The van der Waals surface area contributed by atoms with Crippen molar-refractivity contribution in [3.8, 4) is 0 Å². The Morgan fingerprint density at radius 3 is 2.37 bits per heavy atom. The zero-order valence-corrected chi connectivity index (χ0v) is 11.6. The van der Waals surface area contributed by atoms with Crippen LogP contribution in [0, 0.1) is 17.8 Å². The first-order valence-electron chi connectivity index (χ1n) is 6.99. The van der Waals surface area contributed by atoms with Crippen LogP contribution in [-0.4, -0.2) is 36.2 Å². The van der Waals surface area contributed by atoms with Crippen LogP contribution in [0.25, 0.3) is 0 Å². The summed E-state index contributed by atoms with van der Waals surface area (Å²) in [5.74, 6) is 0.258. The van der Waals surface area contributed by atoms with Gasteiger partial charge in [-0.05, 0) is 31.6 Å². The first-order valence-corrected chi connectivity index (χ1v) is 6.99. The largest absolute Gasteiger partial charge is 0.481 e. The Balaban J connectivity index is 1.93. The highest BCUT2D eigenvalue weighted by Crippen LogP contribution is 2.55. The van der Waals surface area contributed by atoms with E-state index in [0.29, 0.717) is 11.8 Å². The Hall–Kier alpha value is -1.10. The van der Waals surface area contributed by atoms with Crippen molar-refractivity contribution in [1.82, 2.24) is 5.32 Å². The molecule has 0 saturated heterocycles. The number of methoxy groups -OCH3 is 1. The number of fused-ring (bicyclic) bond motifs is 1. The number of rotatable bonds is 6. The molecule has 0 spiro atoms. The summed E-state index contributed by atoms with van der Waals surface area (Å²) in [4.78, 5) is 23.2. The van der Waals surface area contributed by atoms with Crippen LogP contribution in [0.2, 0.25) is 0 Å². The number of ether oxygens (including phenoxy) is 1. The molecule has 3 unspecified atom stereocenters. The minimum atomic E-state index is -0.923. The van der Waals surface area contributed by atoms with Crippen molar-refractivity contribution in [3.05, 3.63) is 0 Å². The molecule has 0 bridgehead atoms. The Morgan fingerprint density at radius 2 is 1.89 bits per heavy atom. The average Bonchev–Trinajstić information content (AvgIpc) is 3.01. The van der Waals surface area contributed by atoms with Crippen LogP contribution < -0.4 is 5.32 Å². The van der Waals surface area contributed by atoms with E-state index in [4.69, 9.17) is 9.84 Å². The van der Waals surface area contributed by atoms with Crippen LogP contribution in [0.5, 0.6) is 0 Å². The van der Waals surface area contributed by atoms with Gasteiger partial charge < -0.3 is 15.2 Å². The fourth-order valence-corrected chi connectivity index (χ4v) is 3.55. The summed E-state index contributed by atoms with van der Waals surface area (Å²) in [6, 6.07) is 0. The van der Waals surface area contributed by atoms with Crippen molar-refractivity contribution in [2.24, 2.45) is 17.8 Å². The molecule has 5 nitrogen and oxygen atoms in total. The lowest BCUT2D eigenvalue weighted by Crippen LogP contribution is -2.51.